The third kappa shape index (κ3) is 3.42. The normalized spacial score (nSPS) is 11.0. The van der Waals surface area contributed by atoms with E-state index in [9.17, 15) is 0 Å². The predicted octanol–water partition coefficient (Wildman–Crippen LogP) is 1.53. The smallest absolute Gasteiger partial charge is 0.257 e. The highest BCUT2D eigenvalue weighted by molar-refractivity contribution is 6.45. The zero-order valence-corrected chi connectivity index (χ0v) is 11.3. The molecule has 1 aromatic carbocycles. The molecular weight excluding hydrogens is 270 g/mol. The second-order valence-electron chi connectivity index (χ2n) is 4.05. The molecule has 0 amide bonds. The van der Waals surface area contributed by atoms with E-state index >= 15 is 0 Å². The Morgan fingerprint density at radius 1 is 1.57 bits per heavy atom. The van der Waals surface area contributed by atoms with Gasteiger partial charge in [-0.2, -0.15) is 15.3 Å². The zero-order chi connectivity index (χ0) is 15.2. The number of nitrogens with zero attached hydrogens (tertiary/aromatic N) is 4. The summed E-state index contributed by atoms with van der Waals surface area (Å²) in [4.78, 5) is 4.23. The first-order valence-corrected chi connectivity index (χ1v) is 6.15. The molecule has 0 unspecified atom stereocenters. The first kappa shape index (κ1) is 14.2. The van der Waals surface area contributed by atoms with Crippen molar-refractivity contribution >= 4 is 17.2 Å². The van der Waals surface area contributed by atoms with Crippen molar-refractivity contribution in [1.29, 1.82) is 10.7 Å². The van der Waals surface area contributed by atoms with Gasteiger partial charge in [-0.25, -0.2) is 0 Å². The summed E-state index contributed by atoms with van der Waals surface area (Å²) in [6, 6.07) is 8.82. The van der Waals surface area contributed by atoms with Gasteiger partial charge in [0, 0.05) is 12.0 Å². The van der Waals surface area contributed by atoms with Gasteiger partial charge in [-0.1, -0.05) is 18.1 Å². The number of nitriles is 1. The number of amidine groups is 1. The van der Waals surface area contributed by atoms with E-state index in [2.05, 4.69) is 20.7 Å². The van der Waals surface area contributed by atoms with Crippen LogP contribution in [-0.4, -0.2) is 21.7 Å². The maximum absolute atomic E-state index is 8.76. The van der Waals surface area contributed by atoms with Crippen molar-refractivity contribution in [3.8, 4) is 17.5 Å². The minimum Gasteiger partial charge on any atom is -0.382 e. The molecule has 0 atom stereocenters. The second-order valence-corrected chi connectivity index (χ2v) is 4.05. The lowest BCUT2D eigenvalue weighted by atomic mass is 10.2. The zero-order valence-electron chi connectivity index (χ0n) is 11.3. The van der Waals surface area contributed by atoms with E-state index < -0.39 is 5.84 Å². The quantitative estimate of drug-likeness (QED) is 0.432. The van der Waals surface area contributed by atoms with Crippen molar-refractivity contribution in [3.63, 3.8) is 0 Å². The number of hydrogen-bond donors (Lipinski definition) is 3. The van der Waals surface area contributed by atoms with Crippen LogP contribution in [0.25, 0.3) is 11.5 Å². The molecule has 2 rings (SSSR count). The van der Waals surface area contributed by atoms with Gasteiger partial charge in [0.05, 0.1) is 5.69 Å². The standard InChI is InChI=1S/C13H13N7O/c1-2-11-17-13(21-20-11)8-4-3-5-9(6-8)18-19-10(7-14)12(15)16/h3-6,18H,2H2,1H3,(H3,15,16)/b19-10+. The van der Waals surface area contributed by atoms with E-state index in [1.165, 1.54) is 0 Å². The van der Waals surface area contributed by atoms with Crippen molar-refractivity contribution in [2.45, 2.75) is 13.3 Å². The molecule has 0 radical (unpaired) electrons. The van der Waals surface area contributed by atoms with E-state index in [0.29, 0.717) is 23.8 Å². The summed E-state index contributed by atoms with van der Waals surface area (Å²) < 4.78 is 5.15. The number of rotatable bonds is 5. The van der Waals surface area contributed by atoms with Gasteiger partial charge < -0.3 is 10.3 Å². The number of benzene rings is 1. The largest absolute Gasteiger partial charge is 0.382 e. The average molecular weight is 283 g/mol. The predicted molar refractivity (Wildman–Crippen MR) is 77.7 cm³/mol. The van der Waals surface area contributed by atoms with E-state index in [1.807, 2.05) is 13.0 Å². The molecule has 0 aliphatic heterocycles. The second kappa shape index (κ2) is 6.29. The molecule has 2 aromatic rings. The van der Waals surface area contributed by atoms with Crippen LogP contribution < -0.4 is 11.2 Å². The molecule has 4 N–H and O–H groups in total. The minimum absolute atomic E-state index is 0.188. The van der Waals surface area contributed by atoms with Gasteiger partial charge in [-0.05, 0) is 18.2 Å². The molecule has 0 spiro atoms. The number of nitrogens with one attached hydrogen (secondary N) is 2. The molecule has 106 valence electrons. The lowest BCUT2D eigenvalue weighted by Gasteiger charge is -2.02. The SMILES string of the molecule is CCc1noc(-c2cccc(N/N=C(\C#N)C(=N)N)c2)n1. The van der Waals surface area contributed by atoms with Crippen LogP contribution in [0, 0.1) is 16.7 Å². The van der Waals surface area contributed by atoms with Crippen LogP contribution in [0.3, 0.4) is 0 Å². The van der Waals surface area contributed by atoms with Crippen LogP contribution in [0.15, 0.2) is 33.9 Å². The van der Waals surface area contributed by atoms with Crippen LogP contribution >= 0.6 is 0 Å². The Kier molecular flexibility index (Phi) is 4.26. The molecule has 0 aliphatic rings. The lowest BCUT2D eigenvalue weighted by molar-refractivity contribution is 0.423. The van der Waals surface area contributed by atoms with Crippen molar-refractivity contribution < 1.29 is 4.52 Å². The number of nitrogens with two attached hydrogens (primary N) is 1. The Morgan fingerprint density at radius 2 is 2.38 bits per heavy atom. The molecule has 0 bridgehead atoms. The minimum atomic E-state index is -0.398. The fraction of sp³-hybridized carbons (Fsp3) is 0.154. The van der Waals surface area contributed by atoms with E-state index in [1.54, 1.807) is 24.3 Å². The highest BCUT2D eigenvalue weighted by Crippen LogP contribution is 2.21. The van der Waals surface area contributed by atoms with Crippen LogP contribution in [-0.2, 0) is 6.42 Å². The van der Waals surface area contributed by atoms with E-state index in [0.717, 1.165) is 5.56 Å². The Bertz CT molecular complexity index is 726. The summed E-state index contributed by atoms with van der Waals surface area (Å²) in [7, 11) is 0. The van der Waals surface area contributed by atoms with Crippen LogP contribution in [0.5, 0.6) is 0 Å². The van der Waals surface area contributed by atoms with Crippen LogP contribution in [0.2, 0.25) is 0 Å². The van der Waals surface area contributed by atoms with Crippen LogP contribution in [0.1, 0.15) is 12.7 Å². The van der Waals surface area contributed by atoms with Gasteiger partial charge in [0.2, 0.25) is 5.71 Å². The Morgan fingerprint density at radius 3 is 3.00 bits per heavy atom. The summed E-state index contributed by atoms with van der Waals surface area (Å²) in [5, 5.41) is 23.5. The van der Waals surface area contributed by atoms with Gasteiger partial charge >= 0.3 is 0 Å². The van der Waals surface area contributed by atoms with Crippen LogP contribution in [0.4, 0.5) is 5.69 Å². The van der Waals surface area contributed by atoms with Crippen molar-refractivity contribution in [1.82, 2.24) is 10.1 Å². The van der Waals surface area contributed by atoms with Gasteiger partial charge in [0.25, 0.3) is 5.89 Å². The third-order valence-corrected chi connectivity index (χ3v) is 2.55. The summed E-state index contributed by atoms with van der Waals surface area (Å²) in [6.07, 6.45) is 0.690. The van der Waals surface area contributed by atoms with E-state index in [4.69, 9.17) is 20.9 Å². The molecule has 8 nitrogen and oxygen atoms in total. The number of anilines is 1. The monoisotopic (exact) mass is 283 g/mol. The van der Waals surface area contributed by atoms with Gasteiger partial charge in [-0.15, -0.1) is 0 Å². The Balaban J connectivity index is 2.22. The van der Waals surface area contributed by atoms with Gasteiger partial charge in [0.1, 0.15) is 6.07 Å². The fourth-order valence-corrected chi connectivity index (χ4v) is 1.50. The molecule has 0 aliphatic carbocycles. The third-order valence-electron chi connectivity index (χ3n) is 2.55. The Labute approximate surface area is 120 Å². The van der Waals surface area contributed by atoms with Gasteiger partial charge in [0.15, 0.2) is 11.7 Å². The summed E-state index contributed by atoms with van der Waals surface area (Å²) in [6.45, 7) is 1.94. The average Bonchev–Trinajstić information content (AvgIpc) is 2.97. The maximum atomic E-state index is 8.76. The highest BCUT2D eigenvalue weighted by Gasteiger charge is 2.08. The first-order valence-electron chi connectivity index (χ1n) is 6.15. The van der Waals surface area contributed by atoms with Crippen molar-refractivity contribution in [3.05, 3.63) is 30.1 Å². The number of hydrogen-bond acceptors (Lipinski definition) is 7. The van der Waals surface area contributed by atoms with Crippen molar-refractivity contribution in [2.75, 3.05) is 5.43 Å². The molecule has 0 saturated heterocycles. The molecular formula is C13H13N7O. The number of aromatic nitrogens is 2. The molecule has 8 heteroatoms. The molecule has 1 aromatic heterocycles. The summed E-state index contributed by atoms with van der Waals surface area (Å²) >= 11 is 0. The number of hydrazone groups is 1. The topological polar surface area (TPSA) is 137 Å². The summed E-state index contributed by atoms with van der Waals surface area (Å²) in [5.41, 5.74) is 9.02. The fourth-order valence-electron chi connectivity index (χ4n) is 1.50. The molecule has 1 heterocycles. The highest BCUT2D eigenvalue weighted by atomic mass is 16.5. The summed E-state index contributed by atoms with van der Waals surface area (Å²) in [5.74, 6) is 0.641. The maximum Gasteiger partial charge on any atom is 0.257 e. The molecule has 0 saturated carbocycles. The molecule has 0 fully saturated rings. The molecule has 21 heavy (non-hydrogen) atoms. The number of aryl methyl sites for hydroxylation is 1. The van der Waals surface area contributed by atoms with E-state index in [-0.39, 0.29) is 5.71 Å². The Hall–Kier alpha value is -3.21. The first-order chi connectivity index (χ1) is 10.1. The lowest BCUT2D eigenvalue weighted by Crippen LogP contribution is -2.21. The van der Waals surface area contributed by atoms with Gasteiger partial charge in [-0.3, -0.25) is 10.8 Å². The van der Waals surface area contributed by atoms with Crippen molar-refractivity contribution in [2.24, 2.45) is 10.8 Å².